The highest BCUT2D eigenvalue weighted by molar-refractivity contribution is 7.87. The molecule has 1 spiro atoms. The van der Waals surface area contributed by atoms with Crippen LogP contribution in [0.1, 0.15) is 90.2 Å². The summed E-state index contributed by atoms with van der Waals surface area (Å²) in [5, 5.41) is 0. The molecule has 0 radical (unpaired) electrons. The number of fused-ring (bicyclic) bond motifs is 7. The number of aryl methyl sites for hydroxylation is 2. The molecule has 2 aromatic rings. The molecule has 2 heterocycles. The topological polar surface area (TPSA) is 122 Å². The van der Waals surface area contributed by atoms with E-state index in [0.29, 0.717) is 31.8 Å². The summed E-state index contributed by atoms with van der Waals surface area (Å²) in [6.07, 6.45) is 3.93. The standard InChI is InChI=1S/C41H54O9S2/c1-24-7-12-30(13-8-24)51(43,44)49-29-18-19-39(5)28(21-29)11-16-32-33-22-34-35(27(4)41(48-34)20-17-26(3)23-47-41)40(33,6)38(37(42)36(32)39)50-52(45,46)31-14-9-25(2)10-15-31/h7-10,12-15,26-29,32-36,38H,11,16-23H2,1-6H3/t26-,27+,28-,29+,32+,33-,34-,35-,36-,38+,39-,40-,41+/m0/s1. The predicted octanol–water partition coefficient (Wildman–Crippen LogP) is 7.39. The Labute approximate surface area is 309 Å². The molecule has 2 saturated heterocycles. The van der Waals surface area contributed by atoms with Crippen LogP contribution in [-0.4, -0.2) is 53.3 Å². The maximum absolute atomic E-state index is 15.4. The third-order valence-corrected chi connectivity index (χ3v) is 17.5. The fourth-order valence-corrected chi connectivity index (χ4v) is 14.3. The van der Waals surface area contributed by atoms with Crippen LogP contribution in [-0.2, 0) is 42.9 Å². The molecule has 0 N–H and O–H groups in total. The molecule has 11 heteroatoms. The highest BCUT2D eigenvalue weighted by Gasteiger charge is 2.74. The minimum atomic E-state index is -4.30. The Kier molecular flexibility index (Phi) is 8.99. The largest absolute Gasteiger partial charge is 0.349 e. The minimum absolute atomic E-state index is 0.0133. The minimum Gasteiger partial charge on any atom is -0.349 e. The Bertz CT molecular complexity index is 1920. The smallest absolute Gasteiger partial charge is 0.297 e. The third-order valence-electron chi connectivity index (χ3n) is 14.8. The predicted molar refractivity (Wildman–Crippen MR) is 194 cm³/mol. The Morgan fingerprint density at radius 2 is 1.38 bits per heavy atom. The number of Topliss-reactive ketones (excluding diaryl/α,β-unsaturated/α-hetero) is 1. The first-order chi connectivity index (χ1) is 24.5. The number of carbonyl (C=O) groups excluding carboxylic acids is 1. The summed E-state index contributed by atoms with van der Waals surface area (Å²) in [5.74, 6) is -0.923. The molecule has 0 bridgehead atoms. The summed E-state index contributed by atoms with van der Waals surface area (Å²) >= 11 is 0. The first kappa shape index (κ1) is 36.8. The first-order valence-corrected chi connectivity index (χ1v) is 22.2. The molecule has 284 valence electrons. The van der Waals surface area contributed by atoms with Crippen molar-refractivity contribution in [1.29, 1.82) is 0 Å². The lowest BCUT2D eigenvalue weighted by Crippen LogP contribution is -2.65. The van der Waals surface area contributed by atoms with Crippen LogP contribution in [0.25, 0.3) is 0 Å². The van der Waals surface area contributed by atoms with Gasteiger partial charge in [-0.1, -0.05) is 63.1 Å². The highest BCUT2D eigenvalue weighted by atomic mass is 32.2. The SMILES string of the molecule is Cc1ccc(S(=O)(=O)O[C@@H]2CC[C@@]3(C)[C@@H](CC[C@H]4[C@H]3C(=O)[C@@H](OS(=O)(=O)c3ccc(C)cc3)[C@]3(C)[C@@H]5[C@H](C[C@@H]43)O[C@]3(CC[C@H](C)CO3)[C@@H]5C)C2)cc1. The van der Waals surface area contributed by atoms with Gasteiger partial charge in [0.15, 0.2) is 11.6 Å². The van der Waals surface area contributed by atoms with Crippen LogP contribution in [0, 0.1) is 66.1 Å². The van der Waals surface area contributed by atoms with Gasteiger partial charge in [-0.25, -0.2) is 0 Å². The summed E-state index contributed by atoms with van der Waals surface area (Å²) in [6.45, 7) is 13.1. The second-order valence-electron chi connectivity index (χ2n) is 17.8. The monoisotopic (exact) mass is 754 g/mol. The molecule has 4 saturated carbocycles. The number of ketones is 1. The molecule has 0 amide bonds. The Hall–Kier alpha value is -2.15. The van der Waals surface area contributed by atoms with E-state index in [1.54, 1.807) is 48.5 Å². The van der Waals surface area contributed by atoms with Crippen LogP contribution in [0.2, 0.25) is 0 Å². The summed E-state index contributed by atoms with van der Waals surface area (Å²) in [5.41, 5.74) is 0.645. The van der Waals surface area contributed by atoms with Gasteiger partial charge in [0.25, 0.3) is 20.2 Å². The second kappa shape index (κ2) is 12.7. The van der Waals surface area contributed by atoms with Gasteiger partial charge in [0, 0.05) is 29.6 Å². The lowest BCUT2D eigenvalue weighted by molar-refractivity contribution is -0.273. The van der Waals surface area contributed by atoms with Gasteiger partial charge in [0.2, 0.25) is 0 Å². The van der Waals surface area contributed by atoms with Crippen molar-refractivity contribution in [3.8, 4) is 0 Å². The maximum Gasteiger partial charge on any atom is 0.297 e. The Morgan fingerprint density at radius 1 is 0.769 bits per heavy atom. The number of carbonyl (C=O) groups is 1. The van der Waals surface area contributed by atoms with E-state index in [1.807, 2.05) is 13.8 Å². The summed E-state index contributed by atoms with van der Waals surface area (Å²) in [7, 11) is -8.25. The van der Waals surface area contributed by atoms with Gasteiger partial charge in [-0.3, -0.25) is 13.2 Å². The van der Waals surface area contributed by atoms with Crippen molar-refractivity contribution in [2.75, 3.05) is 6.61 Å². The van der Waals surface area contributed by atoms with E-state index in [-0.39, 0.29) is 51.3 Å². The molecule has 8 rings (SSSR count). The molecule has 0 unspecified atom stereocenters. The number of benzene rings is 2. The van der Waals surface area contributed by atoms with E-state index >= 15 is 4.79 Å². The fourth-order valence-electron chi connectivity index (χ4n) is 12.1. The molecule has 6 aliphatic rings. The van der Waals surface area contributed by atoms with Gasteiger partial charge in [-0.15, -0.1) is 0 Å². The van der Waals surface area contributed by atoms with Gasteiger partial charge in [-0.2, -0.15) is 16.8 Å². The van der Waals surface area contributed by atoms with Crippen molar-refractivity contribution >= 4 is 26.0 Å². The van der Waals surface area contributed by atoms with Crippen LogP contribution in [0.15, 0.2) is 58.3 Å². The molecule has 52 heavy (non-hydrogen) atoms. The van der Waals surface area contributed by atoms with Gasteiger partial charge in [0.1, 0.15) is 6.10 Å². The average molecular weight is 755 g/mol. The summed E-state index contributed by atoms with van der Waals surface area (Å²) < 4.78 is 80.5. The van der Waals surface area contributed by atoms with Crippen molar-refractivity contribution in [3.63, 3.8) is 0 Å². The van der Waals surface area contributed by atoms with Gasteiger partial charge >= 0.3 is 0 Å². The Balaban J connectivity index is 1.12. The Morgan fingerprint density at radius 3 is 1.98 bits per heavy atom. The van der Waals surface area contributed by atoms with Crippen molar-refractivity contribution in [1.82, 2.24) is 0 Å². The van der Waals surface area contributed by atoms with E-state index in [2.05, 4.69) is 27.7 Å². The van der Waals surface area contributed by atoms with Crippen LogP contribution >= 0.6 is 0 Å². The van der Waals surface area contributed by atoms with E-state index in [0.717, 1.165) is 43.2 Å². The average Bonchev–Trinajstić information content (AvgIpc) is 3.54. The molecule has 6 fully saturated rings. The zero-order valence-corrected chi connectivity index (χ0v) is 32.9. The highest BCUT2D eigenvalue weighted by Crippen LogP contribution is 2.71. The molecule has 0 aromatic heterocycles. The molecular formula is C41H54O9S2. The molecule has 4 aliphatic carbocycles. The number of hydrogen-bond donors (Lipinski definition) is 0. The zero-order valence-electron chi connectivity index (χ0n) is 31.2. The fraction of sp³-hybridized carbons (Fsp3) is 0.683. The van der Waals surface area contributed by atoms with Crippen molar-refractivity contribution in [2.45, 2.75) is 127 Å². The van der Waals surface area contributed by atoms with E-state index in [1.165, 1.54) is 0 Å². The maximum atomic E-state index is 15.4. The van der Waals surface area contributed by atoms with Crippen LogP contribution in [0.3, 0.4) is 0 Å². The van der Waals surface area contributed by atoms with E-state index < -0.39 is 55.0 Å². The lowest BCUT2D eigenvalue weighted by Gasteiger charge is -2.61. The normalized spacial score (nSPS) is 43.1. The molecule has 2 aliphatic heterocycles. The van der Waals surface area contributed by atoms with Gasteiger partial charge in [-0.05, 0) is 112 Å². The van der Waals surface area contributed by atoms with Gasteiger partial charge < -0.3 is 9.47 Å². The van der Waals surface area contributed by atoms with Crippen molar-refractivity contribution in [2.24, 2.45) is 52.3 Å². The third kappa shape index (κ3) is 5.69. The molecule has 2 aromatic carbocycles. The first-order valence-electron chi connectivity index (χ1n) is 19.3. The van der Waals surface area contributed by atoms with Crippen molar-refractivity contribution in [3.05, 3.63) is 59.7 Å². The summed E-state index contributed by atoms with van der Waals surface area (Å²) in [4.78, 5) is 15.6. The number of rotatable bonds is 6. The summed E-state index contributed by atoms with van der Waals surface area (Å²) in [6, 6.07) is 13.3. The molecule has 13 atom stereocenters. The van der Waals surface area contributed by atoms with Crippen LogP contribution in [0.5, 0.6) is 0 Å². The lowest BCUT2D eigenvalue weighted by atomic mass is 9.43. The molecular weight excluding hydrogens is 701 g/mol. The number of ether oxygens (including phenoxy) is 2. The van der Waals surface area contributed by atoms with Crippen molar-refractivity contribution < 1.29 is 39.5 Å². The zero-order chi connectivity index (χ0) is 37.0. The van der Waals surface area contributed by atoms with E-state index in [4.69, 9.17) is 17.8 Å². The number of hydrogen-bond acceptors (Lipinski definition) is 9. The quantitative estimate of drug-likeness (QED) is 0.278. The van der Waals surface area contributed by atoms with E-state index in [9.17, 15) is 16.8 Å². The molecule has 9 nitrogen and oxygen atoms in total. The second-order valence-corrected chi connectivity index (χ2v) is 20.9. The van der Waals surface area contributed by atoms with Crippen LogP contribution in [0.4, 0.5) is 0 Å². The van der Waals surface area contributed by atoms with Crippen LogP contribution < -0.4 is 0 Å². The van der Waals surface area contributed by atoms with Gasteiger partial charge in [0.05, 0.1) is 28.6 Å².